The minimum atomic E-state index is 0.456. The van der Waals surface area contributed by atoms with Crippen LogP contribution in [0.4, 0.5) is 0 Å². The van der Waals surface area contributed by atoms with E-state index in [0.29, 0.717) is 18.4 Å². The van der Waals surface area contributed by atoms with Gasteiger partial charge in [-0.2, -0.15) is 0 Å². The Balaban J connectivity index is 2.77. The predicted octanol–water partition coefficient (Wildman–Crippen LogP) is 4.16. The molecule has 0 radical (unpaired) electrons. The third-order valence-electron chi connectivity index (χ3n) is 2.69. The molecule has 0 saturated heterocycles. The van der Waals surface area contributed by atoms with Crippen LogP contribution in [0.5, 0.6) is 0 Å². The maximum atomic E-state index is 6.14. The lowest BCUT2D eigenvalue weighted by atomic mass is 9.91. The van der Waals surface area contributed by atoms with Crippen LogP contribution in [-0.4, -0.2) is 6.54 Å². The molecule has 1 nitrogen and oxygen atoms in total. The first kappa shape index (κ1) is 13.8. The normalized spacial score (nSPS) is 13.1. The van der Waals surface area contributed by atoms with Gasteiger partial charge in [0.2, 0.25) is 0 Å². The minimum absolute atomic E-state index is 0.456. The molecule has 1 atom stereocenters. The third-order valence-corrected chi connectivity index (χ3v) is 3.40. The van der Waals surface area contributed by atoms with E-state index < -0.39 is 0 Å². The van der Waals surface area contributed by atoms with Crippen LogP contribution < -0.4 is 5.73 Å². The summed E-state index contributed by atoms with van der Waals surface area (Å²) < 4.78 is 0. The molecule has 0 bridgehead atoms. The van der Waals surface area contributed by atoms with Crippen molar-refractivity contribution in [1.29, 1.82) is 0 Å². The van der Waals surface area contributed by atoms with Crippen molar-refractivity contribution in [1.82, 2.24) is 0 Å². The van der Waals surface area contributed by atoms with Crippen molar-refractivity contribution in [3.63, 3.8) is 0 Å². The lowest BCUT2D eigenvalue weighted by Crippen LogP contribution is -2.19. The van der Waals surface area contributed by atoms with Crippen molar-refractivity contribution in [2.24, 2.45) is 17.6 Å². The van der Waals surface area contributed by atoms with Crippen molar-refractivity contribution in [3.8, 4) is 0 Å². The molecular weight excluding hydrogens is 241 g/mol. The summed E-state index contributed by atoms with van der Waals surface area (Å²) in [6.45, 7) is 5.09. The minimum Gasteiger partial charge on any atom is -0.330 e. The van der Waals surface area contributed by atoms with Gasteiger partial charge in [0.15, 0.2) is 0 Å². The van der Waals surface area contributed by atoms with Gasteiger partial charge in [0.05, 0.1) is 0 Å². The molecule has 0 aliphatic rings. The molecule has 16 heavy (non-hydrogen) atoms. The summed E-state index contributed by atoms with van der Waals surface area (Å²) in [5.74, 6) is 1.10. The van der Waals surface area contributed by atoms with Gasteiger partial charge in [0.25, 0.3) is 0 Å². The highest BCUT2D eigenvalue weighted by atomic mass is 35.5. The van der Waals surface area contributed by atoms with Crippen LogP contribution in [-0.2, 0) is 6.42 Å². The number of halogens is 2. The molecule has 2 N–H and O–H groups in total. The summed E-state index contributed by atoms with van der Waals surface area (Å²) >= 11 is 12.3. The standard InChI is InChI=1S/C13H19Cl2N/c1-9(2)6-10(8-16)7-11-12(14)4-3-5-13(11)15/h3-5,9-10H,6-8,16H2,1-2H3. The second kappa shape index (κ2) is 6.48. The van der Waals surface area contributed by atoms with Crippen LogP contribution in [0.25, 0.3) is 0 Å². The molecule has 1 rings (SSSR count). The smallest absolute Gasteiger partial charge is 0.0452 e. The van der Waals surface area contributed by atoms with Gasteiger partial charge < -0.3 is 5.73 Å². The van der Waals surface area contributed by atoms with Crippen molar-refractivity contribution in [2.75, 3.05) is 6.54 Å². The first-order valence-corrected chi connectivity index (χ1v) is 6.43. The third kappa shape index (κ3) is 3.97. The summed E-state index contributed by atoms with van der Waals surface area (Å²) in [5, 5.41) is 1.49. The molecule has 1 unspecified atom stereocenters. The van der Waals surface area contributed by atoms with Crippen LogP contribution in [0.1, 0.15) is 25.8 Å². The van der Waals surface area contributed by atoms with E-state index in [-0.39, 0.29) is 0 Å². The maximum absolute atomic E-state index is 6.14. The Morgan fingerprint density at radius 2 is 1.75 bits per heavy atom. The van der Waals surface area contributed by atoms with E-state index in [1.165, 1.54) is 0 Å². The molecule has 0 spiro atoms. The Bertz CT molecular complexity index is 316. The fourth-order valence-electron chi connectivity index (χ4n) is 1.95. The molecule has 1 aromatic rings. The fourth-order valence-corrected chi connectivity index (χ4v) is 2.50. The molecule has 0 fully saturated rings. The summed E-state index contributed by atoms with van der Waals surface area (Å²) in [7, 11) is 0. The molecule has 0 aromatic heterocycles. The maximum Gasteiger partial charge on any atom is 0.0452 e. The van der Waals surface area contributed by atoms with Crippen LogP contribution in [0.15, 0.2) is 18.2 Å². The molecule has 3 heteroatoms. The molecule has 0 saturated carbocycles. The Hall–Kier alpha value is -0.240. The number of benzene rings is 1. The molecule has 0 amide bonds. The lowest BCUT2D eigenvalue weighted by Gasteiger charge is -2.18. The van der Waals surface area contributed by atoms with Gasteiger partial charge >= 0.3 is 0 Å². The van der Waals surface area contributed by atoms with E-state index in [0.717, 1.165) is 28.5 Å². The monoisotopic (exact) mass is 259 g/mol. The number of hydrogen-bond acceptors (Lipinski definition) is 1. The van der Waals surface area contributed by atoms with E-state index in [1.807, 2.05) is 18.2 Å². The number of hydrogen-bond donors (Lipinski definition) is 1. The molecule has 0 aliphatic heterocycles. The average molecular weight is 260 g/mol. The molecule has 1 aromatic carbocycles. The summed E-state index contributed by atoms with van der Waals surface area (Å²) in [6.07, 6.45) is 1.98. The second-order valence-electron chi connectivity index (χ2n) is 4.64. The molecule has 0 heterocycles. The summed E-state index contributed by atoms with van der Waals surface area (Å²) in [4.78, 5) is 0. The van der Waals surface area contributed by atoms with Gasteiger partial charge in [-0.05, 0) is 48.9 Å². The highest BCUT2D eigenvalue weighted by Gasteiger charge is 2.14. The van der Waals surface area contributed by atoms with Crippen molar-refractivity contribution in [3.05, 3.63) is 33.8 Å². The number of rotatable bonds is 5. The van der Waals surface area contributed by atoms with Gasteiger partial charge in [-0.25, -0.2) is 0 Å². The Morgan fingerprint density at radius 1 is 1.19 bits per heavy atom. The second-order valence-corrected chi connectivity index (χ2v) is 5.45. The zero-order valence-corrected chi connectivity index (χ0v) is 11.4. The Morgan fingerprint density at radius 3 is 2.19 bits per heavy atom. The topological polar surface area (TPSA) is 26.0 Å². The van der Waals surface area contributed by atoms with E-state index in [4.69, 9.17) is 28.9 Å². The first-order chi connectivity index (χ1) is 7.54. The fraction of sp³-hybridized carbons (Fsp3) is 0.538. The van der Waals surface area contributed by atoms with E-state index in [9.17, 15) is 0 Å². The summed E-state index contributed by atoms with van der Waals surface area (Å²) in [6, 6.07) is 5.63. The van der Waals surface area contributed by atoms with Crippen molar-refractivity contribution >= 4 is 23.2 Å². The van der Waals surface area contributed by atoms with Gasteiger partial charge in [0, 0.05) is 10.0 Å². The zero-order valence-electron chi connectivity index (χ0n) is 9.84. The first-order valence-electron chi connectivity index (χ1n) is 5.67. The van der Waals surface area contributed by atoms with Crippen LogP contribution in [0, 0.1) is 11.8 Å². The Kier molecular flexibility index (Phi) is 5.60. The molecule has 90 valence electrons. The van der Waals surface area contributed by atoms with E-state index >= 15 is 0 Å². The van der Waals surface area contributed by atoms with Crippen molar-refractivity contribution < 1.29 is 0 Å². The molecular formula is C13H19Cl2N. The van der Waals surface area contributed by atoms with Gasteiger partial charge in [-0.15, -0.1) is 0 Å². The lowest BCUT2D eigenvalue weighted by molar-refractivity contribution is 0.415. The summed E-state index contributed by atoms with van der Waals surface area (Å²) in [5.41, 5.74) is 6.81. The van der Waals surface area contributed by atoms with Crippen LogP contribution in [0.2, 0.25) is 10.0 Å². The van der Waals surface area contributed by atoms with E-state index in [2.05, 4.69) is 13.8 Å². The van der Waals surface area contributed by atoms with Crippen LogP contribution >= 0.6 is 23.2 Å². The molecule has 0 aliphatic carbocycles. The Labute approximate surface area is 108 Å². The van der Waals surface area contributed by atoms with Gasteiger partial charge in [0.1, 0.15) is 0 Å². The van der Waals surface area contributed by atoms with Gasteiger partial charge in [-0.3, -0.25) is 0 Å². The van der Waals surface area contributed by atoms with Crippen molar-refractivity contribution in [2.45, 2.75) is 26.7 Å². The highest BCUT2D eigenvalue weighted by molar-refractivity contribution is 6.35. The zero-order chi connectivity index (χ0) is 12.1. The number of nitrogens with two attached hydrogens (primary N) is 1. The van der Waals surface area contributed by atoms with E-state index in [1.54, 1.807) is 0 Å². The quantitative estimate of drug-likeness (QED) is 0.845. The average Bonchev–Trinajstić information content (AvgIpc) is 2.21. The van der Waals surface area contributed by atoms with Crippen LogP contribution in [0.3, 0.4) is 0 Å². The SMILES string of the molecule is CC(C)CC(CN)Cc1c(Cl)cccc1Cl. The predicted molar refractivity (Wildman–Crippen MR) is 72.2 cm³/mol. The largest absolute Gasteiger partial charge is 0.330 e. The van der Waals surface area contributed by atoms with Gasteiger partial charge in [-0.1, -0.05) is 43.1 Å². The highest BCUT2D eigenvalue weighted by Crippen LogP contribution is 2.28.